The molecule has 1 spiro atoms. The molecule has 2 aromatic rings. The topological polar surface area (TPSA) is 72.3 Å². The third-order valence-electron chi connectivity index (χ3n) is 7.51. The number of fused-ring (bicyclic) bond motifs is 2. The summed E-state index contributed by atoms with van der Waals surface area (Å²) >= 11 is 6.45. The second kappa shape index (κ2) is 7.70. The largest absolute Gasteiger partial charge is 0.484 e. The maximum atomic E-state index is 15.1. The van der Waals surface area contributed by atoms with E-state index in [1.165, 1.54) is 6.07 Å². The van der Waals surface area contributed by atoms with E-state index in [0.717, 1.165) is 74.3 Å². The van der Waals surface area contributed by atoms with E-state index in [1.807, 2.05) is 9.58 Å². The summed E-state index contributed by atoms with van der Waals surface area (Å²) in [6, 6.07) is 1.13. The lowest BCUT2D eigenvalue weighted by Gasteiger charge is -2.32. The molecule has 32 heavy (non-hydrogen) atoms. The van der Waals surface area contributed by atoms with Gasteiger partial charge in [-0.2, -0.15) is 0 Å². The summed E-state index contributed by atoms with van der Waals surface area (Å²) in [4.78, 5) is 14.5. The van der Waals surface area contributed by atoms with Gasteiger partial charge >= 0.3 is 0 Å². The van der Waals surface area contributed by atoms with Gasteiger partial charge in [-0.3, -0.25) is 4.79 Å². The van der Waals surface area contributed by atoms with Gasteiger partial charge in [-0.15, -0.1) is 5.10 Å². The van der Waals surface area contributed by atoms with Crippen molar-refractivity contribution >= 4 is 17.5 Å². The van der Waals surface area contributed by atoms with Gasteiger partial charge in [0.1, 0.15) is 12.3 Å². The predicted octanol–water partition coefficient (Wildman–Crippen LogP) is 3.19. The molecule has 4 aliphatic rings. The highest BCUT2D eigenvalue weighted by Crippen LogP contribution is 2.53. The van der Waals surface area contributed by atoms with Crippen LogP contribution in [0.1, 0.15) is 60.7 Å². The maximum Gasteiger partial charge on any atom is 0.223 e. The molecule has 6 rings (SSSR count). The number of nitrogens with zero attached hydrogens (tertiary/aromatic N) is 4. The minimum Gasteiger partial charge on any atom is -0.484 e. The second-order valence-electron chi connectivity index (χ2n) is 9.72. The zero-order valence-corrected chi connectivity index (χ0v) is 18.8. The fraction of sp³-hybridized carbons (Fsp3) is 0.609. The van der Waals surface area contributed by atoms with Gasteiger partial charge in [0.05, 0.1) is 11.7 Å². The van der Waals surface area contributed by atoms with Crippen LogP contribution in [-0.2, 0) is 30.8 Å². The van der Waals surface area contributed by atoms with Gasteiger partial charge in [0.25, 0.3) is 0 Å². The van der Waals surface area contributed by atoms with Crippen LogP contribution in [0.5, 0.6) is 5.75 Å². The molecule has 2 fully saturated rings. The van der Waals surface area contributed by atoms with E-state index in [9.17, 15) is 4.79 Å². The first kappa shape index (κ1) is 20.4. The summed E-state index contributed by atoms with van der Waals surface area (Å²) in [6.45, 7) is 3.06. The van der Waals surface area contributed by atoms with Crippen molar-refractivity contribution in [2.45, 2.75) is 64.1 Å². The van der Waals surface area contributed by atoms with Crippen LogP contribution in [0, 0.1) is 11.2 Å². The van der Waals surface area contributed by atoms with Crippen molar-refractivity contribution in [1.29, 1.82) is 0 Å². The number of carbonyl (C=O) groups excluding carboxylic acids is 1. The molecular formula is C23H27ClFN5O2. The SMILES string of the molecule is O=C1CC2(CC2)CN1CC1NCCc2c(Cl)cc(F)c(OCc3nnn4c3CCCC4)c21. The van der Waals surface area contributed by atoms with E-state index in [4.69, 9.17) is 16.3 Å². The number of likely N-dealkylation sites (tertiary alicyclic amines) is 1. The summed E-state index contributed by atoms with van der Waals surface area (Å²) < 4.78 is 23.1. The van der Waals surface area contributed by atoms with E-state index < -0.39 is 5.82 Å². The van der Waals surface area contributed by atoms with E-state index in [-0.39, 0.29) is 29.7 Å². The molecule has 1 aromatic carbocycles. The Balaban J connectivity index is 1.29. The first-order chi connectivity index (χ1) is 15.5. The van der Waals surface area contributed by atoms with Crippen molar-refractivity contribution in [3.05, 3.63) is 39.4 Å². The lowest BCUT2D eigenvalue weighted by atomic mass is 9.92. The average molecular weight is 460 g/mol. The highest BCUT2D eigenvalue weighted by atomic mass is 35.5. The number of ether oxygens (including phenoxy) is 1. The monoisotopic (exact) mass is 459 g/mol. The number of hydrogen-bond donors (Lipinski definition) is 1. The Morgan fingerprint density at radius 2 is 2.19 bits per heavy atom. The molecule has 4 heterocycles. The van der Waals surface area contributed by atoms with Gasteiger partial charge in [0.15, 0.2) is 11.6 Å². The molecule has 1 saturated heterocycles. The number of hydrogen-bond acceptors (Lipinski definition) is 5. The summed E-state index contributed by atoms with van der Waals surface area (Å²) in [5, 5.41) is 12.4. The maximum absolute atomic E-state index is 15.1. The van der Waals surface area contributed by atoms with Crippen molar-refractivity contribution in [1.82, 2.24) is 25.2 Å². The molecule has 1 amide bonds. The van der Waals surface area contributed by atoms with Crippen molar-refractivity contribution in [2.75, 3.05) is 19.6 Å². The number of aromatic nitrogens is 3. The van der Waals surface area contributed by atoms with Crippen LogP contribution < -0.4 is 10.1 Å². The third kappa shape index (κ3) is 3.48. The minimum atomic E-state index is -0.477. The first-order valence-electron chi connectivity index (χ1n) is 11.6. The molecule has 0 radical (unpaired) electrons. The molecule has 1 N–H and O–H groups in total. The number of nitrogens with one attached hydrogen (secondary N) is 1. The highest BCUT2D eigenvalue weighted by molar-refractivity contribution is 6.31. The van der Waals surface area contributed by atoms with Crippen LogP contribution in [0.3, 0.4) is 0 Å². The van der Waals surface area contributed by atoms with Crippen LogP contribution in [0.15, 0.2) is 6.07 Å². The van der Waals surface area contributed by atoms with E-state index in [2.05, 4.69) is 15.6 Å². The smallest absolute Gasteiger partial charge is 0.223 e. The Bertz CT molecular complexity index is 1080. The molecule has 1 atom stereocenters. The van der Waals surface area contributed by atoms with Gasteiger partial charge in [0.2, 0.25) is 5.91 Å². The number of carbonyl (C=O) groups is 1. The Kier molecular flexibility index (Phi) is 4.91. The number of amides is 1. The molecule has 1 aromatic heterocycles. The molecule has 0 bridgehead atoms. The summed E-state index contributed by atoms with van der Waals surface area (Å²) in [7, 11) is 0. The van der Waals surface area contributed by atoms with Crippen LogP contribution in [-0.4, -0.2) is 45.4 Å². The van der Waals surface area contributed by atoms with Crippen LogP contribution in [0.4, 0.5) is 4.39 Å². The van der Waals surface area contributed by atoms with Crippen LogP contribution in [0.2, 0.25) is 5.02 Å². The van der Waals surface area contributed by atoms with E-state index in [0.29, 0.717) is 24.4 Å². The van der Waals surface area contributed by atoms with Gasteiger partial charge in [0, 0.05) is 36.6 Å². The normalized spacial score (nSPS) is 23.4. The molecule has 170 valence electrons. The van der Waals surface area contributed by atoms with E-state index in [1.54, 1.807) is 0 Å². The van der Waals surface area contributed by atoms with Crippen molar-refractivity contribution in [2.24, 2.45) is 5.41 Å². The standard InChI is InChI=1S/C23H27ClFN5O2/c24-15-9-16(25)22(32-12-18-19-3-1-2-8-30(19)28-27-18)21-14(15)4-7-26-17(21)11-29-13-23(5-6-23)10-20(29)31/h9,17,26H,1-8,10-13H2. The summed E-state index contributed by atoms with van der Waals surface area (Å²) in [5.74, 6) is -0.0704. The zero-order valence-electron chi connectivity index (χ0n) is 18.0. The van der Waals surface area contributed by atoms with Crippen molar-refractivity contribution < 1.29 is 13.9 Å². The minimum absolute atomic E-state index is 0.165. The molecule has 1 saturated carbocycles. The third-order valence-corrected chi connectivity index (χ3v) is 7.85. The summed E-state index contributed by atoms with van der Waals surface area (Å²) in [5.41, 5.74) is 3.68. The Morgan fingerprint density at radius 3 is 3.00 bits per heavy atom. The number of aryl methyl sites for hydroxylation is 1. The number of halogens is 2. The first-order valence-corrected chi connectivity index (χ1v) is 12.0. The number of benzene rings is 1. The average Bonchev–Trinajstić information content (AvgIpc) is 3.29. The van der Waals surface area contributed by atoms with Crippen molar-refractivity contribution in [3.63, 3.8) is 0 Å². The Morgan fingerprint density at radius 1 is 1.31 bits per heavy atom. The fourth-order valence-corrected chi connectivity index (χ4v) is 5.86. The zero-order chi connectivity index (χ0) is 21.9. The van der Waals surface area contributed by atoms with Gasteiger partial charge in [-0.1, -0.05) is 16.8 Å². The lowest BCUT2D eigenvalue weighted by Crippen LogP contribution is -2.40. The van der Waals surface area contributed by atoms with Gasteiger partial charge in [-0.25, -0.2) is 9.07 Å². The predicted molar refractivity (Wildman–Crippen MR) is 116 cm³/mol. The van der Waals surface area contributed by atoms with Gasteiger partial charge in [-0.05, 0) is 62.1 Å². The molecule has 1 unspecified atom stereocenters. The summed E-state index contributed by atoms with van der Waals surface area (Å²) in [6.07, 6.45) is 6.70. The van der Waals surface area contributed by atoms with Crippen LogP contribution in [0.25, 0.3) is 0 Å². The van der Waals surface area contributed by atoms with Gasteiger partial charge < -0.3 is 15.0 Å². The van der Waals surface area contributed by atoms with E-state index >= 15 is 4.39 Å². The molecule has 1 aliphatic carbocycles. The molecule has 9 heteroatoms. The van der Waals surface area contributed by atoms with Crippen LogP contribution >= 0.6 is 11.6 Å². The quantitative estimate of drug-likeness (QED) is 0.743. The fourth-order valence-electron chi connectivity index (χ4n) is 5.57. The van der Waals surface area contributed by atoms with Crippen molar-refractivity contribution in [3.8, 4) is 5.75 Å². The number of rotatable bonds is 5. The molecular weight excluding hydrogens is 433 g/mol. The lowest BCUT2D eigenvalue weighted by molar-refractivity contribution is -0.128. The molecule has 3 aliphatic heterocycles. The second-order valence-corrected chi connectivity index (χ2v) is 10.1. The molecule has 7 nitrogen and oxygen atoms in total. The highest BCUT2D eigenvalue weighted by Gasteiger charge is 2.52. The Labute approximate surface area is 191 Å². The Hall–Kier alpha value is -2.19.